The molecule has 0 radical (unpaired) electrons. The van der Waals surface area contributed by atoms with E-state index < -0.39 is 67.2 Å². The fourth-order valence-electron chi connectivity index (χ4n) is 6.50. The van der Waals surface area contributed by atoms with Gasteiger partial charge in [-0.15, -0.1) is 0 Å². The second-order valence-electron chi connectivity index (χ2n) is 14.0. The quantitative estimate of drug-likeness (QED) is 0.206. The molecule has 1 saturated heterocycles. The van der Waals surface area contributed by atoms with Crippen molar-refractivity contribution in [2.45, 2.75) is 105 Å². The largest absolute Gasteiger partial charge is 0.336 e. The lowest BCUT2D eigenvalue weighted by Gasteiger charge is -2.49. The Morgan fingerprint density at radius 3 is 0.312 bits per heavy atom. The third-order valence-corrected chi connectivity index (χ3v) is 45.0. The molecule has 0 amide bonds. The molecule has 8 N–H and O–H groups in total. The first kappa shape index (κ1) is 31.4. The van der Waals surface area contributed by atoms with Crippen molar-refractivity contribution in [2.24, 2.45) is 0 Å². The van der Waals surface area contributed by atoms with E-state index in [0.717, 1.165) is 0 Å². The van der Waals surface area contributed by atoms with Gasteiger partial charge in [0.25, 0.3) is 0 Å². The molecule has 0 aromatic carbocycles. The molecule has 1 aliphatic rings. The van der Waals surface area contributed by atoms with Crippen LogP contribution in [0.1, 0.15) is 0 Å². The summed E-state index contributed by atoms with van der Waals surface area (Å²) in [6, 6.07) is 0. The van der Waals surface area contributed by atoms with E-state index in [0.29, 0.717) is 0 Å². The zero-order chi connectivity index (χ0) is 25.7. The molecule has 1 aliphatic heterocycles. The van der Waals surface area contributed by atoms with Crippen molar-refractivity contribution in [1.82, 2.24) is 37.2 Å². The average Bonchev–Trinajstić information content (AvgIpc) is 2.21. The normalized spacial score (nSPS) is 31.5. The maximum Gasteiger partial charge on any atom is 0.183 e. The first-order valence-corrected chi connectivity index (χ1v) is 36.0. The van der Waals surface area contributed by atoms with Crippen LogP contribution in [0, 0.1) is 0 Å². The summed E-state index contributed by atoms with van der Waals surface area (Å²) in [5.74, 6) is 0. The standard InChI is InChI=1S/C16H56N8Si8/c1-25(2)17-26(3,4)19-28(7,8)21-30(11,12)23-32(15,16)24-31(13,14)22-29(9,10)20-27(5,6)18-25/h17-24H,1-16H3. The smallest absolute Gasteiger partial charge is 0.183 e. The summed E-state index contributed by atoms with van der Waals surface area (Å²) in [5, 5.41) is 0. The van der Waals surface area contributed by atoms with Gasteiger partial charge in [-0.25, -0.2) is 0 Å². The molecule has 0 bridgehead atoms. The molecule has 1 fully saturated rings. The van der Waals surface area contributed by atoms with Gasteiger partial charge in [-0.2, -0.15) is 0 Å². The Balaban J connectivity index is 3.40. The highest BCUT2D eigenvalue weighted by molar-refractivity contribution is 7.06. The Kier molecular flexibility index (Phi) is 9.54. The van der Waals surface area contributed by atoms with Crippen LogP contribution in [0.5, 0.6) is 0 Å². The van der Waals surface area contributed by atoms with Crippen molar-refractivity contribution in [3.05, 3.63) is 0 Å². The van der Waals surface area contributed by atoms with Gasteiger partial charge in [0, 0.05) is 0 Å². The topological polar surface area (TPSA) is 96.2 Å². The SMILES string of the molecule is C[Si]1(C)N[Si](C)(C)N[Si](C)(C)N[Si](C)(C)N[Si](C)(C)N[Si](C)(C)N[Si](C)(C)N[Si](C)(C)N1. The lowest BCUT2D eigenvalue weighted by atomic mass is 11.9. The maximum absolute atomic E-state index is 4.15. The van der Waals surface area contributed by atoms with Crippen molar-refractivity contribution in [3.8, 4) is 0 Å². The monoisotopic (exact) mass is 584 g/mol. The Morgan fingerprint density at radius 2 is 0.250 bits per heavy atom. The van der Waals surface area contributed by atoms with Crippen molar-refractivity contribution < 1.29 is 0 Å². The molecule has 1 rings (SSSR count). The molecule has 32 heavy (non-hydrogen) atoms. The molecule has 0 saturated carbocycles. The molecule has 1 heterocycles. The second kappa shape index (κ2) is 9.70. The van der Waals surface area contributed by atoms with E-state index in [1.165, 1.54) is 0 Å². The third-order valence-electron chi connectivity index (χ3n) is 5.00. The number of rotatable bonds is 0. The van der Waals surface area contributed by atoms with Crippen molar-refractivity contribution in [1.29, 1.82) is 0 Å². The molecule has 8 nitrogen and oxygen atoms in total. The molecular weight excluding hydrogens is 529 g/mol. The van der Waals surface area contributed by atoms with Crippen molar-refractivity contribution in [3.63, 3.8) is 0 Å². The minimum Gasteiger partial charge on any atom is -0.336 e. The van der Waals surface area contributed by atoms with Gasteiger partial charge in [-0.1, -0.05) is 0 Å². The van der Waals surface area contributed by atoms with Crippen molar-refractivity contribution >= 4 is 67.2 Å². The molecule has 192 valence electrons. The summed E-state index contributed by atoms with van der Waals surface area (Å²) in [6.45, 7) is 38.9. The summed E-state index contributed by atoms with van der Waals surface area (Å²) in [5.41, 5.74) is 0. The van der Waals surface area contributed by atoms with Crippen LogP contribution in [0.25, 0.3) is 0 Å². The van der Waals surface area contributed by atoms with Gasteiger partial charge in [-0.05, 0) is 105 Å². The number of nitrogens with one attached hydrogen (secondary N) is 8. The second-order valence-corrected chi connectivity index (χ2v) is 48.0. The lowest BCUT2D eigenvalue weighted by Crippen LogP contribution is -2.87. The van der Waals surface area contributed by atoms with Crippen molar-refractivity contribution in [2.75, 3.05) is 0 Å². The van der Waals surface area contributed by atoms with Crippen LogP contribution in [0.4, 0.5) is 0 Å². The highest BCUT2D eigenvalue weighted by Crippen LogP contribution is 2.13. The van der Waals surface area contributed by atoms with E-state index >= 15 is 0 Å². The van der Waals surface area contributed by atoms with Crippen LogP contribution in [0.15, 0.2) is 0 Å². The van der Waals surface area contributed by atoms with E-state index in [1.54, 1.807) is 0 Å². The molecule has 0 atom stereocenters. The Bertz CT molecular complexity index is 466. The molecule has 0 aliphatic carbocycles. The molecule has 0 aromatic heterocycles. The summed E-state index contributed by atoms with van der Waals surface area (Å²) >= 11 is 0. The molecule has 16 heteroatoms. The fourth-order valence-corrected chi connectivity index (χ4v) is 63.0. The zero-order valence-electron chi connectivity index (χ0n) is 24.0. The maximum atomic E-state index is 4.15. The Labute approximate surface area is 208 Å². The number of hydrogen-bond acceptors (Lipinski definition) is 8. The van der Waals surface area contributed by atoms with Crippen LogP contribution in [-0.2, 0) is 0 Å². The summed E-state index contributed by atoms with van der Waals surface area (Å²) in [6.07, 6.45) is 0. The van der Waals surface area contributed by atoms with Gasteiger partial charge in [0.1, 0.15) is 0 Å². The minimum absolute atomic E-state index is 1.82. The summed E-state index contributed by atoms with van der Waals surface area (Å²) in [4.78, 5) is 0. The molecule has 0 spiro atoms. The lowest BCUT2D eigenvalue weighted by molar-refractivity contribution is 1.04. The average molecular weight is 585 g/mol. The third kappa shape index (κ3) is 11.9. The van der Waals surface area contributed by atoms with E-state index in [-0.39, 0.29) is 0 Å². The summed E-state index contributed by atoms with van der Waals surface area (Å²) in [7, 11) is -14.6. The highest BCUT2D eigenvalue weighted by atomic mass is 28.5. The van der Waals surface area contributed by atoms with Crippen LogP contribution in [0.2, 0.25) is 105 Å². The van der Waals surface area contributed by atoms with Crippen LogP contribution in [0.3, 0.4) is 0 Å². The fraction of sp³-hybridized carbons (Fsp3) is 1.00. The Morgan fingerprint density at radius 1 is 0.188 bits per heavy atom. The van der Waals surface area contributed by atoms with Gasteiger partial charge in [0.15, 0.2) is 67.2 Å². The van der Waals surface area contributed by atoms with E-state index in [1.807, 2.05) is 0 Å². The first-order valence-electron chi connectivity index (χ1n) is 12.0. The summed E-state index contributed by atoms with van der Waals surface area (Å²) < 4.78 is 33.2. The van der Waals surface area contributed by atoms with Gasteiger partial charge in [0.05, 0.1) is 0 Å². The number of hydrogen-bond donors (Lipinski definition) is 8. The van der Waals surface area contributed by atoms with Gasteiger partial charge < -0.3 is 37.2 Å². The van der Waals surface area contributed by atoms with E-state index in [4.69, 9.17) is 0 Å². The highest BCUT2D eigenvalue weighted by Gasteiger charge is 2.46. The van der Waals surface area contributed by atoms with E-state index in [9.17, 15) is 0 Å². The van der Waals surface area contributed by atoms with Crippen LogP contribution in [-0.4, -0.2) is 67.2 Å². The zero-order valence-corrected chi connectivity index (χ0v) is 32.0. The predicted molar refractivity (Wildman–Crippen MR) is 165 cm³/mol. The van der Waals surface area contributed by atoms with Gasteiger partial charge in [0.2, 0.25) is 0 Å². The molecular formula is C16H56N8Si8. The minimum atomic E-state index is -1.82. The molecule has 0 unspecified atom stereocenters. The predicted octanol–water partition coefficient (Wildman–Crippen LogP) is 2.33. The van der Waals surface area contributed by atoms with Crippen LogP contribution >= 0.6 is 0 Å². The van der Waals surface area contributed by atoms with Gasteiger partial charge in [-0.3, -0.25) is 0 Å². The first-order chi connectivity index (χ1) is 13.7. The van der Waals surface area contributed by atoms with E-state index in [2.05, 4.69) is 142 Å². The van der Waals surface area contributed by atoms with Crippen LogP contribution < -0.4 is 37.2 Å². The molecule has 0 aromatic rings. The Hall–Kier alpha value is 1.42. The van der Waals surface area contributed by atoms with Gasteiger partial charge >= 0.3 is 0 Å².